The van der Waals surface area contributed by atoms with Crippen molar-refractivity contribution in [2.24, 2.45) is 4.99 Å². The van der Waals surface area contributed by atoms with Crippen LogP contribution in [0.2, 0.25) is 5.02 Å². The maximum atomic E-state index is 8.36. The van der Waals surface area contributed by atoms with Gasteiger partial charge in [-0.05, 0) is 37.5 Å². The molecule has 0 saturated heterocycles. The van der Waals surface area contributed by atoms with E-state index < -0.39 is 67.6 Å². The number of halogens is 1. The van der Waals surface area contributed by atoms with Crippen molar-refractivity contribution in [3.63, 3.8) is 0 Å². The molecule has 3 nitrogen and oxygen atoms in total. The van der Waals surface area contributed by atoms with Gasteiger partial charge in [0.05, 0.1) is 9.60 Å². The molecule has 2 aromatic rings. The van der Waals surface area contributed by atoms with Crippen LogP contribution < -0.4 is 5.32 Å². The molecule has 4 heteroatoms. The maximum Gasteiger partial charge on any atom is 0.290 e. The Morgan fingerprint density at radius 3 is 3.05 bits per heavy atom. The summed E-state index contributed by atoms with van der Waals surface area (Å²) in [6.07, 6.45) is 0. The van der Waals surface area contributed by atoms with Crippen LogP contribution in [0.5, 0.6) is 0 Å². The largest absolute Gasteiger partial charge is 0.449 e. The van der Waals surface area contributed by atoms with Crippen molar-refractivity contribution in [1.29, 1.82) is 0 Å². The van der Waals surface area contributed by atoms with Crippen LogP contribution in [0.25, 0.3) is 0 Å². The highest BCUT2D eigenvalue weighted by atomic mass is 35.5. The van der Waals surface area contributed by atoms with E-state index in [1.165, 1.54) is 12.1 Å². The highest BCUT2D eigenvalue weighted by Gasteiger charge is 2.38. The fourth-order valence-electron chi connectivity index (χ4n) is 1.97. The molecule has 0 spiro atoms. The van der Waals surface area contributed by atoms with Gasteiger partial charge in [0.15, 0.2) is 5.60 Å². The van der Waals surface area contributed by atoms with Gasteiger partial charge in [-0.1, -0.05) is 41.8 Å². The summed E-state index contributed by atoms with van der Waals surface area (Å²) in [5.74, 6) is 0. The third-order valence-electron chi connectivity index (χ3n) is 2.86. The molecule has 0 amide bonds. The highest BCUT2D eigenvalue weighted by Crippen LogP contribution is 2.41. The van der Waals surface area contributed by atoms with Gasteiger partial charge in [-0.15, -0.1) is 0 Å². The van der Waals surface area contributed by atoms with Gasteiger partial charge in [-0.2, -0.15) is 0 Å². The van der Waals surface area contributed by atoms with Crippen LogP contribution in [0.15, 0.2) is 53.4 Å². The summed E-state index contributed by atoms with van der Waals surface area (Å²) in [5, 5.41) is 2.54. The Labute approximate surface area is 147 Å². The summed E-state index contributed by atoms with van der Waals surface area (Å²) in [6, 6.07) is -1.28. The highest BCUT2D eigenvalue weighted by molar-refractivity contribution is 6.30. The number of nitrogens with zero attached hydrogens (tertiary/aromatic N) is 1. The average Bonchev–Trinajstić information content (AvgIpc) is 2.69. The Hall–Kier alpha value is -2.00. The maximum absolute atomic E-state index is 8.36. The Balaban J connectivity index is 2.50. The van der Waals surface area contributed by atoms with E-state index in [1.54, 1.807) is 0 Å². The molecule has 1 N–H and O–H groups in total. The summed E-state index contributed by atoms with van der Waals surface area (Å²) >= 11 is 6.08. The normalized spacial score (nSPS) is 33.2. The molecule has 3 rings (SSSR count). The summed E-state index contributed by atoms with van der Waals surface area (Å²) in [7, 11) is 0. The average molecular weight is 314 g/mol. The number of anilines is 1. The summed E-state index contributed by atoms with van der Waals surface area (Å²) < 4.78 is 109. The minimum absolute atomic E-state index is 0.0309. The minimum Gasteiger partial charge on any atom is -0.449 e. The Bertz CT molecular complexity index is 1160. The first-order valence-corrected chi connectivity index (χ1v) is 6.16. The van der Waals surface area contributed by atoms with E-state index in [1.807, 2.05) is 0 Å². The number of benzene rings is 2. The van der Waals surface area contributed by atoms with E-state index in [-0.39, 0.29) is 16.3 Å². The minimum atomic E-state index is -3.28. The van der Waals surface area contributed by atoms with Crippen molar-refractivity contribution in [3.8, 4) is 0 Å². The number of nitrogens with one attached hydrogen (secondary N) is 1. The molecule has 2 aromatic carbocycles. The monoisotopic (exact) mass is 313 g/mol. The number of amidine groups is 1. The number of ether oxygens (including phenoxy) is 1. The van der Waals surface area contributed by atoms with Gasteiger partial charge in [-0.25, -0.2) is 4.99 Å². The van der Waals surface area contributed by atoms with Crippen molar-refractivity contribution < 1.29 is 22.6 Å². The van der Waals surface area contributed by atoms with Crippen molar-refractivity contribution >= 4 is 23.3 Å². The lowest BCUT2D eigenvalue weighted by Crippen LogP contribution is -2.39. The standard InChI is InChI=1S/C17H17ClN2O/c1-3-19-16-20-15-10-9-13(18)11-14(15)17(2,21-16)12-7-5-4-6-8-12/h4-11H,3H2,1-2H3,(H,19,20)/i1D3,2D3,3D2,4D,5D,6D,7D,8D. The number of fused-ring (bicyclic) bond motifs is 1. The van der Waals surface area contributed by atoms with E-state index in [4.69, 9.17) is 34.2 Å². The second kappa shape index (κ2) is 5.41. The van der Waals surface area contributed by atoms with Crippen LogP contribution in [0.4, 0.5) is 5.69 Å². The quantitative estimate of drug-likeness (QED) is 0.890. The number of rotatable bonds is 2. The van der Waals surface area contributed by atoms with Gasteiger partial charge < -0.3 is 10.1 Å². The Morgan fingerprint density at radius 2 is 2.29 bits per heavy atom. The van der Waals surface area contributed by atoms with E-state index in [0.717, 1.165) is 6.07 Å². The third kappa shape index (κ3) is 2.49. The molecule has 0 fully saturated rings. The zero-order valence-electron chi connectivity index (χ0n) is 23.5. The van der Waals surface area contributed by atoms with Gasteiger partial charge in [0, 0.05) is 31.0 Å². The molecular formula is C17H17ClN2O. The fraction of sp³-hybridized carbons (Fsp3) is 0.235. The van der Waals surface area contributed by atoms with E-state index in [9.17, 15) is 0 Å². The lowest BCUT2D eigenvalue weighted by molar-refractivity contribution is 0.112. The zero-order valence-corrected chi connectivity index (χ0v) is 11.2. The van der Waals surface area contributed by atoms with Crippen LogP contribution in [-0.2, 0) is 10.3 Å². The Morgan fingerprint density at radius 1 is 1.43 bits per heavy atom. The second-order valence-electron chi connectivity index (χ2n) is 4.13. The van der Waals surface area contributed by atoms with E-state index >= 15 is 0 Å². The third-order valence-corrected chi connectivity index (χ3v) is 3.10. The van der Waals surface area contributed by atoms with Crippen molar-refractivity contribution in [1.82, 2.24) is 0 Å². The Kier molecular flexibility index (Phi) is 1.37. The first-order valence-electron chi connectivity index (χ1n) is 12.3. The van der Waals surface area contributed by atoms with Crippen LogP contribution in [0.3, 0.4) is 0 Å². The lowest BCUT2D eigenvalue weighted by Gasteiger charge is -2.38. The molecule has 1 heterocycles. The molecule has 1 atom stereocenters. The molecule has 0 aromatic heterocycles. The lowest BCUT2D eigenvalue weighted by atomic mass is 9.86. The molecule has 1 aliphatic rings. The number of hydrogen-bond donors (Lipinski definition) is 1. The first-order chi connectivity index (χ1) is 15.3. The molecular weight excluding hydrogens is 284 g/mol. The second-order valence-corrected chi connectivity index (χ2v) is 4.56. The van der Waals surface area contributed by atoms with Gasteiger partial charge >= 0.3 is 0 Å². The van der Waals surface area contributed by atoms with Crippen molar-refractivity contribution in [3.05, 3.63) is 64.6 Å². The van der Waals surface area contributed by atoms with Crippen molar-refractivity contribution in [2.45, 2.75) is 19.3 Å². The predicted molar refractivity (Wildman–Crippen MR) is 87.0 cm³/mol. The van der Waals surface area contributed by atoms with Crippen molar-refractivity contribution in [2.75, 3.05) is 11.8 Å². The summed E-state index contributed by atoms with van der Waals surface area (Å²) in [5.41, 5.74) is -3.90. The smallest absolute Gasteiger partial charge is 0.290 e. The zero-order chi connectivity index (χ0) is 26.0. The predicted octanol–water partition coefficient (Wildman–Crippen LogP) is 4.42. The fourth-order valence-corrected chi connectivity index (χ4v) is 2.14. The molecule has 0 saturated carbocycles. The van der Waals surface area contributed by atoms with Crippen LogP contribution >= 0.6 is 11.6 Å². The number of aliphatic imine (C=N–C) groups is 1. The van der Waals surface area contributed by atoms with Gasteiger partial charge in [-0.3, -0.25) is 0 Å². The van der Waals surface area contributed by atoms with E-state index in [0.29, 0.717) is 0 Å². The van der Waals surface area contributed by atoms with Crippen LogP contribution in [0, 0.1) is 0 Å². The SMILES string of the molecule is [2H]c1c([2H])c([2H])c(C2(C([2H])([2H])[2H])OC(=NC([2H])([2H])C([2H])([2H])[2H])Nc3ccc(Cl)cc32)c([2H])c1[2H]. The molecule has 108 valence electrons. The van der Waals surface area contributed by atoms with Gasteiger partial charge in [0.1, 0.15) is 0 Å². The summed E-state index contributed by atoms with van der Waals surface area (Å²) in [6.45, 7) is -9.76. The molecule has 1 unspecified atom stereocenters. The molecule has 0 bridgehead atoms. The molecule has 0 radical (unpaired) electrons. The van der Waals surface area contributed by atoms with Crippen LogP contribution in [-0.4, -0.2) is 12.5 Å². The topological polar surface area (TPSA) is 33.6 Å². The summed E-state index contributed by atoms with van der Waals surface area (Å²) in [4.78, 5) is 3.43. The first kappa shape index (κ1) is 5.33. The van der Waals surface area contributed by atoms with Gasteiger partial charge in [0.2, 0.25) is 0 Å². The molecule has 0 aliphatic carbocycles. The molecule has 21 heavy (non-hydrogen) atoms. The van der Waals surface area contributed by atoms with Gasteiger partial charge in [0.25, 0.3) is 6.02 Å². The molecule has 1 aliphatic heterocycles. The van der Waals surface area contributed by atoms with Crippen LogP contribution in [0.1, 0.15) is 42.7 Å². The van der Waals surface area contributed by atoms with E-state index in [2.05, 4.69) is 10.3 Å². The number of hydrogen-bond acceptors (Lipinski definition) is 2.